The van der Waals surface area contributed by atoms with E-state index in [9.17, 15) is 14.4 Å². The van der Waals surface area contributed by atoms with Crippen LogP contribution in [0.25, 0.3) is 0 Å². The lowest BCUT2D eigenvalue weighted by atomic mass is 10.2. The third-order valence-electron chi connectivity index (χ3n) is 1.09. The van der Waals surface area contributed by atoms with Crippen molar-refractivity contribution in [1.29, 1.82) is 0 Å². The Hall–Kier alpha value is -1.39. The maximum absolute atomic E-state index is 10.4. The van der Waals surface area contributed by atoms with Crippen LogP contribution in [0.5, 0.6) is 0 Å². The van der Waals surface area contributed by atoms with Crippen LogP contribution in [0.1, 0.15) is 19.8 Å². The number of ether oxygens (including phenoxy) is 1. The fraction of sp³-hybridized carbons (Fsp3) is 0.571. The van der Waals surface area contributed by atoms with Gasteiger partial charge < -0.3 is 14.6 Å². The molecule has 0 fully saturated rings. The highest BCUT2D eigenvalue weighted by Crippen LogP contribution is 2.02. The van der Waals surface area contributed by atoms with Crippen LogP contribution in [0.15, 0.2) is 0 Å². The number of carboxylic acids is 1. The molecule has 0 heterocycles. The molecule has 0 aliphatic rings. The summed E-state index contributed by atoms with van der Waals surface area (Å²) < 4.78 is 4.55. The molecule has 0 saturated heterocycles. The third kappa shape index (κ3) is 5.40. The first-order valence-corrected chi connectivity index (χ1v) is 3.39. The number of carboxylic acid groups (broad SMARTS) is 1. The lowest BCUT2D eigenvalue weighted by Gasteiger charge is -2.10. The molecule has 1 N–H and O–H groups in total. The number of aliphatic carboxylic acids is 1. The van der Waals surface area contributed by atoms with Crippen LogP contribution in [0, 0.1) is 0 Å². The van der Waals surface area contributed by atoms with Crippen LogP contribution < -0.4 is 0 Å². The maximum atomic E-state index is 10.4. The predicted molar refractivity (Wildman–Crippen MR) is 38.5 cm³/mol. The maximum Gasteiger partial charge on any atom is 0.307 e. The summed E-state index contributed by atoms with van der Waals surface area (Å²) in [4.78, 5) is 30.5. The molecule has 12 heavy (non-hydrogen) atoms. The van der Waals surface area contributed by atoms with Crippen LogP contribution >= 0.6 is 0 Å². The summed E-state index contributed by atoms with van der Waals surface area (Å²) >= 11 is 0. The van der Waals surface area contributed by atoms with Crippen LogP contribution in [-0.4, -0.2) is 29.4 Å². The first-order chi connectivity index (χ1) is 5.56. The number of hydrogen-bond acceptors (Lipinski definition) is 4. The van der Waals surface area contributed by atoms with E-state index in [2.05, 4.69) is 4.74 Å². The van der Waals surface area contributed by atoms with Crippen molar-refractivity contribution in [1.82, 2.24) is 0 Å². The summed E-state index contributed by atoms with van der Waals surface area (Å²) in [6.45, 7) is 1.17. The Morgan fingerprint density at radius 1 is 1.58 bits per heavy atom. The molecule has 0 aromatic carbocycles. The Bertz CT molecular complexity index is 170. The van der Waals surface area contributed by atoms with Crippen LogP contribution in [0.4, 0.5) is 0 Å². The largest absolute Gasteiger partial charge is 0.481 e. The van der Waals surface area contributed by atoms with Gasteiger partial charge in [0.1, 0.15) is 12.4 Å². The van der Waals surface area contributed by atoms with Crippen molar-refractivity contribution in [2.75, 3.05) is 0 Å². The minimum absolute atomic E-state index is 0.0775. The minimum atomic E-state index is -1.09. The molecule has 0 bridgehead atoms. The van der Waals surface area contributed by atoms with Gasteiger partial charge in [0.15, 0.2) is 0 Å². The van der Waals surface area contributed by atoms with Crippen LogP contribution in [0.2, 0.25) is 0 Å². The standard InChI is InChI=1S/C7H10O5/c1-5(9)12-6(2-3-8)4-7(10)11/h3,6H,2,4H2,1H3,(H,10,11). The van der Waals surface area contributed by atoms with Crippen molar-refractivity contribution >= 4 is 18.2 Å². The molecule has 68 valence electrons. The van der Waals surface area contributed by atoms with Crippen molar-refractivity contribution in [3.63, 3.8) is 0 Å². The summed E-state index contributed by atoms with van der Waals surface area (Å²) in [5.41, 5.74) is 0. The SMILES string of the molecule is CC(=O)OC(CC=O)CC(=O)O. The molecule has 5 nitrogen and oxygen atoms in total. The molecule has 0 spiro atoms. The molecule has 0 aliphatic carbocycles. The highest BCUT2D eigenvalue weighted by atomic mass is 16.5. The number of hydrogen-bond donors (Lipinski definition) is 1. The van der Waals surface area contributed by atoms with E-state index in [0.717, 1.165) is 0 Å². The van der Waals surface area contributed by atoms with Gasteiger partial charge in [-0.2, -0.15) is 0 Å². The summed E-state index contributed by atoms with van der Waals surface area (Å²) in [6, 6.07) is 0. The van der Waals surface area contributed by atoms with Crippen LogP contribution in [0.3, 0.4) is 0 Å². The quantitative estimate of drug-likeness (QED) is 0.468. The lowest BCUT2D eigenvalue weighted by Crippen LogP contribution is -2.20. The summed E-state index contributed by atoms with van der Waals surface area (Å²) in [5.74, 6) is -1.67. The zero-order valence-corrected chi connectivity index (χ0v) is 6.65. The smallest absolute Gasteiger partial charge is 0.307 e. The average Bonchev–Trinajstić information content (AvgIpc) is 1.84. The van der Waals surface area contributed by atoms with Gasteiger partial charge >= 0.3 is 11.9 Å². The van der Waals surface area contributed by atoms with Gasteiger partial charge in [0.05, 0.1) is 6.42 Å². The minimum Gasteiger partial charge on any atom is -0.481 e. The highest BCUT2D eigenvalue weighted by Gasteiger charge is 2.15. The third-order valence-corrected chi connectivity index (χ3v) is 1.09. The number of rotatable bonds is 5. The fourth-order valence-electron chi connectivity index (χ4n) is 0.710. The van der Waals surface area contributed by atoms with Gasteiger partial charge in [-0.15, -0.1) is 0 Å². The van der Waals surface area contributed by atoms with Gasteiger partial charge in [0.25, 0.3) is 0 Å². The molecular weight excluding hydrogens is 164 g/mol. The number of carbonyl (C=O) groups is 3. The summed E-state index contributed by atoms with van der Waals surface area (Å²) in [7, 11) is 0. The molecular formula is C7H10O5. The van der Waals surface area contributed by atoms with E-state index >= 15 is 0 Å². The second kappa shape index (κ2) is 5.29. The Labute approximate surface area is 69.3 Å². The Kier molecular flexibility index (Phi) is 4.67. The average molecular weight is 174 g/mol. The summed E-state index contributed by atoms with van der Waals surface area (Å²) in [6.07, 6.45) is -0.724. The van der Waals surface area contributed by atoms with Gasteiger partial charge in [-0.05, 0) is 0 Å². The van der Waals surface area contributed by atoms with Crippen molar-refractivity contribution < 1.29 is 24.2 Å². The van der Waals surface area contributed by atoms with Crippen molar-refractivity contribution in [2.24, 2.45) is 0 Å². The summed E-state index contributed by atoms with van der Waals surface area (Å²) in [5, 5.41) is 8.32. The second-order valence-corrected chi connectivity index (χ2v) is 2.23. The second-order valence-electron chi connectivity index (χ2n) is 2.23. The number of carbonyl (C=O) groups excluding carboxylic acids is 2. The van der Waals surface area contributed by atoms with Gasteiger partial charge in [-0.25, -0.2) is 0 Å². The predicted octanol–water partition coefficient (Wildman–Crippen LogP) is -0.0182. The van der Waals surface area contributed by atoms with Gasteiger partial charge in [-0.3, -0.25) is 9.59 Å². The van der Waals surface area contributed by atoms with E-state index in [1.165, 1.54) is 6.92 Å². The molecule has 1 unspecified atom stereocenters. The topological polar surface area (TPSA) is 80.7 Å². The molecule has 0 saturated carbocycles. The van der Waals surface area contributed by atoms with Crippen molar-refractivity contribution in [3.8, 4) is 0 Å². The molecule has 0 aromatic rings. The Morgan fingerprint density at radius 2 is 2.17 bits per heavy atom. The normalized spacial score (nSPS) is 11.8. The molecule has 5 heteroatoms. The van der Waals surface area contributed by atoms with E-state index in [4.69, 9.17) is 5.11 Å². The highest BCUT2D eigenvalue weighted by molar-refractivity contribution is 5.70. The van der Waals surface area contributed by atoms with Crippen molar-refractivity contribution in [3.05, 3.63) is 0 Å². The van der Waals surface area contributed by atoms with Crippen LogP contribution in [-0.2, 0) is 19.1 Å². The van der Waals surface area contributed by atoms with Crippen molar-refractivity contribution in [2.45, 2.75) is 25.9 Å². The number of aldehydes is 1. The number of esters is 1. The monoisotopic (exact) mass is 174 g/mol. The van der Waals surface area contributed by atoms with E-state index in [1.807, 2.05) is 0 Å². The molecule has 0 rings (SSSR count). The van der Waals surface area contributed by atoms with E-state index < -0.39 is 18.0 Å². The molecule has 0 amide bonds. The lowest BCUT2D eigenvalue weighted by molar-refractivity contribution is -0.151. The molecule has 1 atom stereocenters. The zero-order valence-electron chi connectivity index (χ0n) is 6.65. The van der Waals surface area contributed by atoms with Gasteiger partial charge in [-0.1, -0.05) is 0 Å². The molecule has 0 radical (unpaired) electrons. The first kappa shape index (κ1) is 10.6. The fourth-order valence-corrected chi connectivity index (χ4v) is 0.710. The van der Waals surface area contributed by atoms with Gasteiger partial charge in [0, 0.05) is 13.3 Å². The van der Waals surface area contributed by atoms with E-state index in [1.54, 1.807) is 0 Å². The van der Waals surface area contributed by atoms with Gasteiger partial charge in [0.2, 0.25) is 0 Å². The first-order valence-electron chi connectivity index (χ1n) is 3.39. The zero-order chi connectivity index (χ0) is 9.56. The van der Waals surface area contributed by atoms with E-state index in [0.29, 0.717) is 6.29 Å². The Morgan fingerprint density at radius 3 is 2.50 bits per heavy atom. The molecule has 0 aromatic heterocycles. The van der Waals surface area contributed by atoms with E-state index in [-0.39, 0.29) is 12.8 Å². The molecule has 0 aliphatic heterocycles. The Balaban J connectivity index is 3.93.